The first-order valence-corrected chi connectivity index (χ1v) is 10.2. The van der Waals surface area contributed by atoms with Gasteiger partial charge >= 0.3 is 0 Å². The van der Waals surface area contributed by atoms with E-state index >= 15 is 0 Å². The van der Waals surface area contributed by atoms with Gasteiger partial charge in [-0.15, -0.1) is 0 Å². The SMILES string of the molecule is CCOc1ccc(C=NNC(=O)COc2ccc(-c3ccccc3)cc2)cc1OCC. The molecule has 3 rings (SSSR count). The van der Waals surface area contributed by atoms with Gasteiger partial charge in [0.15, 0.2) is 18.1 Å². The lowest BCUT2D eigenvalue weighted by Gasteiger charge is -2.11. The smallest absolute Gasteiger partial charge is 0.277 e. The molecule has 3 aromatic carbocycles. The largest absolute Gasteiger partial charge is 0.490 e. The van der Waals surface area contributed by atoms with Crippen LogP contribution in [-0.4, -0.2) is 31.9 Å². The maximum absolute atomic E-state index is 12.0. The molecule has 0 aliphatic rings. The molecule has 0 unspecified atom stereocenters. The van der Waals surface area contributed by atoms with Gasteiger partial charge in [-0.3, -0.25) is 4.79 Å². The molecule has 1 N–H and O–H groups in total. The van der Waals surface area contributed by atoms with Gasteiger partial charge in [0, 0.05) is 0 Å². The normalized spacial score (nSPS) is 10.6. The van der Waals surface area contributed by atoms with Crippen LogP contribution in [0, 0.1) is 0 Å². The van der Waals surface area contributed by atoms with Crippen LogP contribution in [0.25, 0.3) is 11.1 Å². The molecule has 1 amide bonds. The first-order chi connectivity index (χ1) is 15.2. The molecule has 3 aromatic rings. The molecule has 0 radical (unpaired) electrons. The first kappa shape index (κ1) is 21.9. The average Bonchev–Trinajstić information content (AvgIpc) is 2.80. The average molecular weight is 418 g/mol. The second-order valence-electron chi connectivity index (χ2n) is 6.54. The lowest BCUT2D eigenvalue weighted by atomic mass is 10.1. The molecule has 160 valence electrons. The number of nitrogens with zero attached hydrogens (tertiary/aromatic N) is 1. The highest BCUT2D eigenvalue weighted by Crippen LogP contribution is 2.28. The third kappa shape index (κ3) is 6.60. The Morgan fingerprint density at radius 2 is 1.52 bits per heavy atom. The van der Waals surface area contributed by atoms with Crippen molar-refractivity contribution in [3.05, 3.63) is 78.4 Å². The van der Waals surface area contributed by atoms with Crippen molar-refractivity contribution in [2.45, 2.75) is 13.8 Å². The summed E-state index contributed by atoms with van der Waals surface area (Å²) in [5.74, 6) is 1.59. The molecule has 0 aliphatic heterocycles. The Bertz CT molecular complexity index is 1000. The predicted octanol–water partition coefficient (Wildman–Crippen LogP) is 4.68. The van der Waals surface area contributed by atoms with Gasteiger partial charge in [0.2, 0.25) is 0 Å². The van der Waals surface area contributed by atoms with E-state index in [0.717, 1.165) is 16.7 Å². The van der Waals surface area contributed by atoms with E-state index in [4.69, 9.17) is 14.2 Å². The second-order valence-corrected chi connectivity index (χ2v) is 6.54. The summed E-state index contributed by atoms with van der Waals surface area (Å²) in [5, 5.41) is 3.98. The molecule has 0 fully saturated rings. The number of hydrogen-bond acceptors (Lipinski definition) is 5. The Labute approximate surface area is 182 Å². The fourth-order valence-electron chi connectivity index (χ4n) is 2.88. The van der Waals surface area contributed by atoms with Crippen molar-refractivity contribution >= 4 is 12.1 Å². The van der Waals surface area contributed by atoms with E-state index in [0.29, 0.717) is 30.5 Å². The molecular weight excluding hydrogens is 392 g/mol. The number of benzene rings is 3. The third-order valence-corrected chi connectivity index (χ3v) is 4.30. The van der Waals surface area contributed by atoms with E-state index in [2.05, 4.69) is 10.5 Å². The number of carbonyl (C=O) groups is 1. The molecule has 0 bridgehead atoms. The minimum absolute atomic E-state index is 0.129. The van der Waals surface area contributed by atoms with Crippen LogP contribution < -0.4 is 19.6 Å². The van der Waals surface area contributed by atoms with Gasteiger partial charge < -0.3 is 14.2 Å². The summed E-state index contributed by atoms with van der Waals surface area (Å²) in [6, 6.07) is 23.1. The Morgan fingerprint density at radius 3 is 2.23 bits per heavy atom. The Morgan fingerprint density at radius 1 is 0.839 bits per heavy atom. The zero-order valence-electron chi connectivity index (χ0n) is 17.7. The van der Waals surface area contributed by atoms with E-state index in [1.807, 2.05) is 86.6 Å². The van der Waals surface area contributed by atoms with E-state index in [1.165, 1.54) is 0 Å². The van der Waals surface area contributed by atoms with Crippen molar-refractivity contribution in [2.75, 3.05) is 19.8 Å². The second kappa shape index (κ2) is 11.4. The van der Waals surface area contributed by atoms with Crippen LogP contribution in [0.2, 0.25) is 0 Å². The van der Waals surface area contributed by atoms with Crippen molar-refractivity contribution in [1.82, 2.24) is 5.43 Å². The molecule has 6 nitrogen and oxygen atoms in total. The minimum Gasteiger partial charge on any atom is -0.490 e. The quantitative estimate of drug-likeness (QED) is 0.383. The van der Waals surface area contributed by atoms with Crippen LogP contribution in [0.4, 0.5) is 0 Å². The molecule has 0 atom stereocenters. The van der Waals surface area contributed by atoms with Gasteiger partial charge in [-0.1, -0.05) is 42.5 Å². The zero-order chi connectivity index (χ0) is 21.9. The van der Waals surface area contributed by atoms with Crippen LogP contribution in [0.5, 0.6) is 17.2 Å². The van der Waals surface area contributed by atoms with Gasteiger partial charge in [0.1, 0.15) is 5.75 Å². The molecule has 6 heteroatoms. The lowest BCUT2D eigenvalue weighted by Crippen LogP contribution is -2.24. The zero-order valence-corrected chi connectivity index (χ0v) is 17.7. The standard InChI is InChI=1S/C25H26N2O4/c1-3-29-23-15-10-19(16-24(23)30-4-2)17-26-27-25(28)18-31-22-13-11-21(12-14-22)20-8-6-5-7-9-20/h5-17H,3-4,18H2,1-2H3,(H,27,28). The monoisotopic (exact) mass is 418 g/mol. The molecule has 0 spiro atoms. The molecule has 0 saturated heterocycles. The van der Waals surface area contributed by atoms with Crippen LogP contribution in [0.15, 0.2) is 77.9 Å². The minimum atomic E-state index is -0.348. The van der Waals surface area contributed by atoms with E-state index in [9.17, 15) is 4.79 Å². The summed E-state index contributed by atoms with van der Waals surface area (Å²) < 4.78 is 16.7. The molecule has 0 aliphatic carbocycles. The number of hydrazone groups is 1. The van der Waals surface area contributed by atoms with Gasteiger partial charge in [-0.25, -0.2) is 5.43 Å². The van der Waals surface area contributed by atoms with Gasteiger partial charge in [0.05, 0.1) is 19.4 Å². The maximum Gasteiger partial charge on any atom is 0.277 e. The highest BCUT2D eigenvalue weighted by atomic mass is 16.5. The molecule has 0 saturated carbocycles. The number of amides is 1. The Kier molecular flexibility index (Phi) is 8.05. The van der Waals surface area contributed by atoms with Crippen LogP contribution in [-0.2, 0) is 4.79 Å². The topological polar surface area (TPSA) is 69.2 Å². The third-order valence-electron chi connectivity index (χ3n) is 4.30. The Hall–Kier alpha value is -3.80. The van der Waals surface area contributed by atoms with Crippen LogP contribution in [0.1, 0.15) is 19.4 Å². The highest BCUT2D eigenvalue weighted by molar-refractivity contribution is 5.83. The van der Waals surface area contributed by atoms with E-state index in [-0.39, 0.29) is 12.5 Å². The number of ether oxygens (including phenoxy) is 3. The fourth-order valence-corrected chi connectivity index (χ4v) is 2.88. The molecule has 31 heavy (non-hydrogen) atoms. The van der Waals surface area contributed by atoms with Crippen molar-refractivity contribution < 1.29 is 19.0 Å². The van der Waals surface area contributed by atoms with Gasteiger partial charge in [-0.2, -0.15) is 5.10 Å². The lowest BCUT2D eigenvalue weighted by molar-refractivity contribution is -0.123. The number of nitrogens with one attached hydrogen (secondary N) is 1. The van der Waals surface area contributed by atoms with Crippen LogP contribution >= 0.6 is 0 Å². The van der Waals surface area contributed by atoms with Crippen molar-refractivity contribution in [2.24, 2.45) is 5.10 Å². The summed E-state index contributed by atoms with van der Waals surface area (Å²) in [4.78, 5) is 12.0. The predicted molar refractivity (Wildman–Crippen MR) is 122 cm³/mol. The van der Waals surface area contributed by atoms with Gasteiger partial charge in [-0.05, 0) is 60.9 Å². The van der Waals surface area contributed by atoms with Gasteiger partial charge in [0.25, 0.3) is 5.91 Å². The van der Waals surface area contributed by atoms with E-state index in [1.54, 1.807) is 6.21 Å². The van der Waals surface area contributed by atoms with Crippen molar-refractivity contribution in [3.63, 3.8) is 0 Å². The van der Waals surface area contributed by atoms with Crippen molar-refractivity contribution in [3.8, 4) is 28.4 Å². The summed E-state index contributed by atoms with van der Waals surface area (Å²) in [6.07, 6.45) is 1.55. The number of hydrogen-bond donors (Lipinski definition) is 1. The van der Waals surface area contributed by atoms with Crippen LogP contribution in [0.3, 0.4) is 0 Å². The molecular formula is C25H26N2O4. The summed E-state index contributed by atoms with van der Waals surface area (Å²) in [5.41, 5.74) is 5.46. The Balaban J connectivity index is 1.50. The summed E-state index contributed by atoms with van der Waals surface area (Å²) in [6.45, 7) is 4.78. The molecule has 0 aromatic heterocycles. The fraction of sp³-hybridized carbons (Fsp3) is 0.200. The molecule has 0 heterocycles. The van der Waals surface area contributed by atoms with Crippen molar-refractivity contribution in [1.29, 1.82) is 0 Å². The van der Waals surface area contributed by atoms with E-state index < -0.39 is 0 Å². The first-order valence-electron chi connectivity index (χ1n) is 10.2. The summed E-state index contributed by atoms with van der Waals surface area (Å²) in [7, 11) is 0. The summed E-state index contributed by atoms with van der Waals surface area (Å²) >= 11 is 0. The number of carbonyl (C=O) groups excluding carboxylic acids is 1. The highest BCUT2D eigenvalue weighted by Gasteiger charge is 2.06. The maximum atomic E-state index is 12.0. The number of rotatable bonds is 10.